The molecule has 1 unspecified atom stereocenters. The van der Waals surface area contributed by atoms with Gasteiger partial charge in [-0.25, -0.2) is 0 Å². The highest BCUT2D eigenvalue weighted by molar-refractivity contribution is 5.91. The Morgan fingerprint density at radius 1 is 1.10 bits per heavy atom. The van der Waals surface area contributed by atoms with Crippen LogP contribution in [0.2, 0.25) is 0 Å². The van der Waals surface area contributed by atoms with Crippen molar-refractivity contribution in [3.8, 4) is 5.75 Å². The lowest BCUT2D eigenvalue weighted by Crippen LogP contribution is -2.51. The van der Waals surface area contributed by atoms with Gasteiger partial charge in [-0.3, -0.25) is 10.2 Å². The zero-order chi connectivity index (χ0) is 21.9. The highest BCUT2D eigenvalue weighted by Crippen LogP contribution is 2.45. The van der Waals surface area contributed by atoms with Gasteiger partial charge in [0.2, 0.25) is 5.91 Å². The van der Waals surface area contributed by atoms with Gasteiger partial charge in [0.1, 0.15) is 5.75 Å². The molecule has 1 aliphatic heterocycles. The lowest BCUT2D eigenvalue weighted by atomic mass is 9.93. The number of fused-ring (bicyclic) bond motifs is 1. The Bertz CT molecular complexity index is 896. The molecule has 2 aromatic carbocycles. The van der Waals surface area contributed by atoms with Crippen LogP contribution in [0.15, 0.2) is 36.4 Å². The molecule has 30 heavy (non-hydrogen) atoms. The van der Waals surface area contributed by atoms with Crippen molar-refractivity contribution in [1.82, 2.24) is 10.4 Å². The maximum Gasteiger partial charge on any atom is 0.409 e. The molecule has 1 saturated heterocycles. The van der Waals surface area contributed by atoms with Gasteiger partial charge in [-0.15, -0.1) is 0 Å². The van der Waals surface area contributed by atoms with E-state index in [1.807, 2.05) is 0 Å². The number of benzene rings is 2. The summed E-state index contributed by atoms with van der Waals surface area (Å²) >= 11 is 0. The summed E-state index contributed by atoms with van der Waals surface area (Å²) in [6.45, 7) is 5.94. The molecule has 0 saturated carbocycles. The molecule has 164 valence electrons. The third-order valence-electron chi connectivity index (χ3n) is 5.53. The van der Waals surface area contributed by atoms with Gasteiger partial charge >= 0.3 is 6.18 Å². The van der Waals surface area contributed by atoms with Crippen molar-refractivity contribution in [1.29, 1.82) is 0 Å². The smallest absolute Gasteiger partial charge is 0.409 e. The van der Waals surface area contributed by atoms with Crippen molar-refractivity contribution < 1.29 is 22.7 Å². The molecule has 0 bridgehead atoms. The summed E-state index contributed by atoms with van der Waals surface area (Å²) < 4.78 is 48.7. The second-order valence-corrected chi connectivity index (χ2v) is 8.45. The number of rotatable bonds is 8. The molecule has 1 amide bonds. The van der Waals surface area contributed by atoms with Crippen molar-refractivity contribution in [2.45, 2.75) is 70.6 Å². The van der Waals surface area contributed by atoms with Crippen molar-refractivity contribution in [2.24, 2.45) is 0 Å². The fourth-order valence-corrected chi connectivity index (χ4v) is 4.05. The molecular weight excluding hydrogens is 393 g/mol. The van der Waals surface area contributed by atoms with Gasteiger partial charge in [0.15, 0.2) is 6.04 Å². The quantitative estimate of drug-likeness (QED) is 0.537. The first kappa shape index (κ1) is 22.4. The maximum absolute atomic E-state index is 14.3. The maximum atomic E-state index is 14.3. The predicted molar refractivity (Wildman–Crippen MR) is 111 cm³/mol. The number of unbranched alkanes of at least 4 members (excludes halogenated alkanes) is 3. The first-order chi connectivity index (χ1) is 14.1. The number of halogens is 3. The Morgan fingerprint density at radius 2 is 1.80 bits per heavy atom. The van der Waals surface area contributed by atoms with E-state index in [0.717, 1.165) is 30.7 Å². The zero-order valence-electron chi connectivity index (χ0n) is 17.7. The van der Waals surface area contributed by atoms with E-state index in [2.05, 4.69) is 12.3 Å². The Kier molecular flexibility index (Phi) is 6.60. The summed E-state index contributed by atoms with van der Waals surface area (Å²) in [7, 11) is 0. The van der Waals surface area contributed by atoms with Crippen LogP contribution in [0.5, 0.6) is 5.75 Å². The first-order valence-corrected chi connectivity index (χ1v) is 10.4. The lowest BCUT2D eigenvalue weighted by Gasteiger charge is -2.38. The Morgan fingerprint density at radius 3 is 2.40 bits per heavy atom. The normalized spacial score (nSPS) is 17.9. The minimum atomic E-state index is -4.57. The van der Waals surface area contributed by atoms with E-state index in [-0.39, 0.29) is 12.0 Å². The number of carbonyl (C=O) groups excluding carboxylic acids is 1. The molecule has 4 nitrogen and oxygen atoms in total. The largest absolute Gasteiger partial charge is 0.493 e. The monoisotopic (exact) mass is 422 g/mol. The Labute approximate surface area is 175 Å². The van der Waals surface area contributed by atoms with E-state index in [0.29, 0.717) is 23.1 Å². The van der Waals surface area contributed by atoms with Crippen LogP contribution in [0.3, 0.4) is 0 Å². The average molecular weight is 422 g/mol. The summed E-state index contributed by atoms with van der Waals surface area (Å²) in [6, 6.07) is 8.10. The van der Waals surface area contributed by atoms with Crippen molar-refractivity contribution in [3.63, 3.8) is 0 Å². The summed E-state index contributed by atoms with van der Waals surface area (Å²) in [6.07, 6.45) is -0.334. The van der Waals surface area contributed by atoms with Crippen LogP contribution in [-0.2, 0) is 4.79 Å². The van der Waals surface area contributed by atoms with Crippen LogP contribution in [0.1, 0.15) is 64.5 Å². The van der Waals surface area contributed by atoms with Crippen molar-refractivity contribution in [3.05, 3.63) is 42.0 Å². The highest BCUT2D eigenvalue weighted by Gasteiger charge is 2.53. The Hall–Kier alpha value is -2.28. The van der Waals surface area contributed by atoms with E-state index in [9.17, 15) is 18.0 Å². The molecule has 0 radical (unpaired) electrons. The zero-order valence-corrected chi connectivity index (χ0v) is 17.7. The van der Waals surface area contributed by atoms with E-state index < -0.39 is 23.7 Å². The number of nitrogens with zero attached hydrogens (tertiary/aromatic N) is 1. The summed E-state index contributed by atoms with van der Waals surface area (Å²) in [5.41, 5.74) is 1.56. The highest BCUT2D eigenvalue weighted by atomic mass is 19.4. The molecule has 3 rings (SSSR count). The number of carbonyl (C=O) groups is 1. The summed E-state index contributed by atoms with van der Waals surface area (Å²) in [5.74, 6) is 0.169. The lowest BCUT2D eigenvalue weighted by molar-refractivity contribution is -0.203. The fourth-order valence-electron chi connectivity index (χ4n) is 4.05. The standard InChI is InChI=1S/C23H29F3N2O2/c1-4-5-6-9-14-30-19-13-12-18(16-10-7-8-11-17(16)19)21(23(24,25)26)28-22(2,3)15-20(29)27-28/h7-8,10-13,21H,4-6,9,14-15H2,1-3H3,(H,27,29). The number of hydrazine groups is 1. The van der Waals surface area contributed by atoms with Gasteiger partial charge in [0, 0.05) is 17.3 Å². The topological polar surface area (TPSA) is 41.6 Å². The second-order valence-electron chi connectivity index (χ2n) is 8.45. The fraction of sp³-hybridized carbons (Fsp3) is 0.522. The minimum absolute atomic E-state index is 0.0104. The summed E-state index contributed by atoms with van der Waals surface area (Å²) in [5, 5.41) is 2.16. The number of amides is 1. The van der Waals surface area contributed by atoms with Gasteiger partial charge in [-0.2, -0.15) is 18.2 Å². The number of hydrogen-bond donors (Lipinski definition) is 1. The molecule has 0 aromatic heterocycles. The average Bonchev–Trinajstić information content (AvgIpc) is 2.93. The number of nitrogens with one attached hydrogen (secondary N) is 1. The van der Waals surface area contributed by atoms with Crippen LogP contribution in [0.25, 0.3) is 10.8 Å². The molecule has 1 N–H and O–H groups in total. The molecule has 1 atom stereocenters. The van der Waals surface area contributed by atoms with Gasteiger partial charge in [-0.05, 0) is 37.3 Å². The molecule has 1 fully saturated rings. The van der Waals surface area contributed by atoms with Crippen LogP contribution in [0, 0.1) is 0 Å². The van der Waals surface area contributed by atoms with Crippen molar-refractivity contribution >= 4 is 16.7 Å². The number of hydrogen-bond acceptors (Lipinski definition) is 3. The van der Waals surface area contributed by atoms with Crippen LogP contribution in [-0.4, -0.2) is 29.2 Å². The van der Waals surface area contributed by atoms with E-state index in [1.165, 1.54) is 6.07 Å². The Balaban J connectivity index is 1.99. The molecule has 7 heteroatoms. The van der Waals surface area contributed by atoms with E-state index >= 15 is 0 Å². The van der Waals surface area contributed by atoms with Crippen LogP contribution < -0.4 is 10.2 Å². The van der Waals surface area contributed by atoms with Crippen LogP contribution in [0.4, 0.5) is 13.2 Å². The first-order valence-electron chi connectivity index (χ1n) is 10.4. The molecule has 0 aliphatic carbocycles. The predicted octanol–water partition coefficient (Wildman–Crippen LogP) is 5.92. The third kappa shape index (κ3) is 4.72. The molecule has 2 aromatic rings. The molecule has 1 aliphatic rings. The molecular formula is C23H29F3N2O2. The van der Waals surface area contributed by atoms with E-state index in [4.69, 9.17) is 4.74 Å². The van der Waals surface area contributed by atoms with Crippen LogP contribution >= 0.6 is 0 Å². The third-order valence-corrected chi connectivity index (χ3v) is 5.53. The number of ether oxygens (including phenoxy) is 1. The summed E-state index contributed by atoms with van der Waals surface area (Å²) in [4.78, 5) is 11.9. The van der Waals surface area contributed by atoms with Gasteiger partial charge in [-0.1, -0.05) is 56.5 Å². The minimum Gasteiger partial charge on any atom is -0.493 e. The van der Waals surface area contributed by atoms with Gasteiger partial charge < -0.3 is 4.74 Å². The molecule has 0 spiro atoms. The van der Waals surface area contributed by atoms with Crippen molar-refractivity contribution in [2.75, 3.05) is 6.61 Å². The number of alkyl halides is 3. The second kappa shape index (κ2) is 8.84. The SMILES string of the molecule is CCCCCCOc1ccc(C(N2NC(=O)CC2(C)C)C(F)(F)F)c2ccccc12. The van der Waals surface area contributed by atoms with Gasteiger partial charge in [0.25, 0.3) is 0 Å². The van der Waals surface area contributed by atoms with Gasteiger partial charge in [0.05, 0.1) is 6.61 Å². The van der Waals surface area contributed by atoms with E-state index in [1.54, 1.807) is 44.2 Å². The molecule has 1 heterocycles.